The molecule has 0 fully saturated rings. The van der Waals surface area contributed by atoms with Crippen molar-refractivity contribution in [2.75, 3.05) is 0 Å². The van der Waals surface area contributed by atoms with Crippen LogP contribution in [0.4, 0.5) is 8.78 Å². The van der Waals surface area contributed by atoms with Crippen molar-refractivity contribution in [2.45, 2.75) is 6.42 Å². The van der Waals surface area contributed by atoms with Gasteiger partial charge in [-0.2, -0.15) is 0 Å². The molecule has 0 atom stereocenters. The van der Waals surface area contributed by atoms with Crippen molar-refractivity contribution in [2.24, 2.45) is 0 Å². The van der Waals surface area contributed by atoms with Gasteiger partial charge in [-0.05, 0) is 23.3 Å². The van der Waals surface area contributed by atoms with Crippen LogP contribution in [-0.2, 0) is 11.2 Å². The van der Waals surface area contributed by atoms with Gasteiger partial charge in [-0.25, -0.2) is 8.78 Å². The van der Waals surface area contributed by atoms with Crippen LogP contribution in [0.2, 0.25) is 0 Å². The summed E-state index contributed by atoms with van der Waals surface area (Å²) in [6.45, 7) is 0. The third kappa shape index (κ3) is 2.53. The summed E-state index contributed by atoms with van der Waals surface area (Å²) in [5.41, 5.74) is 0.877. The molecule has 0 radical (unpaired) electrons. The molecule has 0 spiro atoms. The number of halogens is 2. The molecule has 4 heteroatoms. The normalized spacial score (nSPS) is 10.3. The Morgan fingerprint density at radius 2 is 1.56 bits per heavy atom. The molecule has 2 aromatic rings. The van der Waals surface area contributed by atoms with Gasteiger partial charge in [0, 0.05) is 0 Å². The van der Waals surface area contributed by atoms with Crippen molar-refractivity contribution in [1.82, 2.24) is 0 Å². The lowest BCUT2D eigenvalue weighted by atomic mass is 10.0. The molecule has 2 nitrogen and oxygen atoms in total. The molecule has 0 aliphatic carbocycles. The van der Waals surface area contributed by atoms with Gasteiger partial charge in [-0.3, -0.25) is 4.79 Å². The maximum Gasteiger partial charge on any atom is 0.307 e. The second-order valence-corrected chi connectivity index (χ2v) is 3.86. The van der Waals surface area contributed by atoms with E-state index in [9.17, 15) is 13.6 Å². The first kappa shape index (κ1) is 12.2. The number of hydrogen-bond donors (Lipinski definition) is 1. The Morgan fingerprint density at radius 3 is 2.06 bits per heavy atom. The molecule has 0 aromatic heterocycles. The molecule has 0 bridgehead atoms. The summed E-state index contributed by atoms with van der Waals surface area (Å²) in [4.78, 5) is 10.5. The fraction of sp³-hybridized carbons (Fsp3) is 0.0714. The van der Waals surface area contributed by atoms with E-state index in [1.54, 1.807) is 12.1 Å². The summed E-state index contributed by atoms with van der Waals surface area (Å²) in [5, 5.41) is 8.62. The second-order valence-electron chi connectivity index (χ2n) is 3.86. The summed E-state index contributed by atoms with van der Waals surface area (Å²) in [6.07, 6.45) is -0.111. The monoisotopic (exact) mass is 248 g/mol. The van der Waals surface area contributed by atoms with Gasteiger partial charge < -0.3 is 5.11 Å². The highest BCUT2D eigenvalue weighted by molar-refractivity contribution is 5.71. The minimum absolute atomic E-state index is 0.0978. The molecule has 18 heavy (non-hydrogen) atoms. The fourth-order valence-electron chi connectivity index (χ4n) is 1.74. The van der Waals surface area contributed by atoms with Gasteiger partial charge in [-0.15, -0.1) is 0 Å². The Hall–Kier alpha value is -2.23. The molecule has 0 amide bonds. The van der Waals surface area contributed by atoms with Gasteiger partial charge in [0.1, 0.15) is 11.6 Å². The summed E-state index contributed by atoms with van der Waals surface area (Å²) < 4.78 is 27.0. The third-order valence-corrected chi connectivity index (χ3v) is 2.56. The van der Waals surface area contributed by atoms with Crippen molar-refractivity contribution < 1.29 is 18.7 Å². The van der Waals surface area contributed by atoms with E-state index in [1.807, 2.05) is 0 Å². The van der Waals surface area contributed by atoms with Crippen LogP contribution in [0.5, 0.6) is 0 Å². The number of rotatable bonds is 3. The van der Waals surface area contributed by atoms with Crippen molar-refractivity contribution in [1.29, 1.82) is 0 Å². The van der Waals surface area contributed by atoms with Crippen LogP contribution in [0.25, 0.3) is 11.1 Å². The Morgan fingerprint density at radius 1 is 1.00 bits per heavy atom. The maximum absolute atomic E-state index is 13.5. The molecular weight excluding hydrogens is 238 g/mol. The predicted octanol–water partition coefficient (Wildman–Crippen LogP) is 3.26. The second kappa shape index (κ2) is 4.96. The molecule has 1 N–H and O–H groups in total. The lowest BCUT2D eigenvalue weighted by molar-refractivity contribution is -0.136. The van der Waals surface area contributed by atoms with Gasteiger partial charge in [0.05, 0.1) is 12.0 Å². The largest absolute Gasteiger partial charge is 0.481 e. The van der Waals surface area contributed by atoms with E-state index >= 15 is 0 Å². The Kier molecular flexibility index (Phi) is 3.37. The fourth-order valence-corrected chi connectivity index (χ4v) is 1.74. The lowest BCUT2D eigenvalue weighted by Crippen LogP contribution is -1.99. The molecule has 0 unspecified atom stereocenters. The van der Waals surface area contributed by atoms with Gasteiger partial charge in [-0.1, -0.05) is 30.3 Å². The van der Waals surface area contributed by atoms with E-state index in [2.05, 4.69) is 0 Å². The average molecular weight is 248 g/mol. The van der Waals surface area contributed by atoms with Crippen molar-refractivity contribution in [3.05, 3.63) is 59.7 Å². The Balaban J connectivity index is 2.37. The molecule has 2 rings (SSSR count). The van der Waals surface area contributed by atoms with E-state index in [0.29, 0.717) is 11.1 Å². The van der Waals surface area contributed by atoms with E-state index < -0.39 is 17.6 Å². The van der Waals surface area contributed by atoms with Crippen LogP contribution in [0.1, 0.15) is 5.56 Å². The highest BCUT2D eigenvalue weighted by Crippen LogP contribution is 2.26. The number of hydrogen-bond acceptors (Lipinski definition) is 1. The number of benzene rings is 2. The maximum atomic E-state index is 13.5. The zero-order chi connectivity index (χ0) is 13.1. The van der Waals surface area contributed by atoms with Crippen molar-refractivity contribution in [3.8, 4) is 11.1 Å². The van der Waals surface area contributed by atoms with Crippen LogP contribution in [0.15, 0.2) is 42.5 Å². The molecule has 0 aliphatic heterocycles. The first-order chi connectivity index (χ1) is 8.58. The predicted molar refractivity (Wildman–Crippen MR) is 63.1 cm³/mol. The third-order valence-electron chi connectivity index (χ3n) is 2.56. The highest BCUT2D eigenvalue weighted by Gasteiger charge is 2.10. The van der Waals surface area contributed by atoms with Crippen molar-refractivity contribution >= 4 is 5.97 Å². The standard InChI is InChI=1S/C14H10F2O2/c15-11-2-1-3-12(16)14(11)10-6-4-9(5-7-10)8-13(17)18/h1-7H,8H2,(H,17,18). The lowest BCUT2D eigenvalue weighted by Gasteiger charge is -2.05. The van der Waals surface area contributed by atoms with Crippen LogP contribution in [0, 0.1) is 11.6 Å². The minimum Gasteiger partial charge on any atom is -0.481 e. The van der Waals surface area contributed by atoms with E-state index in [1.165, 1.54) is 30.3 Å². The summed E-state index contributed by atoms with van der Waals surface area (Å²) in [7, 11) is 0. The molecule has 0 saturated heterocycles. The van der Waals surface area contributed by atoms with Crippen LogP contribution in [0.3, 0.4) is 0 Å². The average Bonchev–Trinajstić information content (AvgIpc) is 2.30. The van der Waals surface area contributed by atoms with Crippen LogP contribution >= 0.6 is 0 Å². The van der Waals surface area contributed by atoms with E-state index in [0.717, 1.165) is 0 Å². The summed E-state index contributed by atoms with van der Waals surface area (Å²) in [5.74, 6) is -2.22. The Bertz CT molecular complexity index is 557. The topological polar surface area (TPSA) is 37.3 Å². The Labute approximate surface area is 103 Å². The van der Waals surface area contributed by atoms with Gasteiger partial charge in [0.15, 0.2) is 0 Å². The van der Waals surface area contributed by atoms with Gasteiger partial charge in [0.2, 0.25) is 0 Å². The highest BCUT2D eigenvalue weighted by atomic mass is 19.1. The molecular formula is C14H10F2O2. The molecule has 92 valence electrons. The molecule has 0 aliphatic rings. The van der Waals surface area contributed by atoms with Crippen LogP contribution in [-0.4, -0.2) is 11.1 Å². The van der Waals surface area contributed by atoms with E-state index in [4.69, 9.17) is 5.11 Å². The number of aliphatic carboxylic acids is 1. The number of carbonyl (C=O) groups is 1. The van der Waals surface area contributed by atoms with Crippen molar-refractivity contribution in [3.63, 3.8) is 0 Å². The number of carboxylic acid groups (broad SMARTS) is 1. The molecule has 0 heterocycles. The number of carboxylic acids is 1. The van der Waals surface area contributed by atoms with Gasteiger partial charge in [0.25, 0.3) is 0 Å². The summed E-state index contributed by atoms with van der Waals surface area (Å²) >= 11 is 0. The van der Waals surface area contributed by atoms with Gasteiger partial charge >= 0.3 is 5.97 Å². The summed E-state index contributed by atoms with van der Waals surface area (Å²) in [6, 6.07) is 9.80. The smallest absolute Gasteiger partial charge is 0.307 e. The first-order valence-electron chi connectivity index (χ1n) is 5.33. The SMILES string of the molecule is O=C(O)Cc1ccc(-c2c(F)cccc2F)cc1. The zero-order valence-electron chi connectivity index (χ0n) is 9.36. The molecule has 2 aromatic carbocycles. The minimum atomic E-state index is -0.945. The quantitative estimate of drug-likeness (QED) is 0.905. The van der Waals surface area contributed by atoms with Crippen LogP contribution < -0.4 is 0 Å². The first-order valence-corrected chi connectivity index (χ1v) is 5.33. The zero-order valence-corrected chi connectivity index (χ0v) is 9.36. The van der Waals surface area contributed by atoms with E-state index in [-0.39, 0.29) is 12.0 Å². The molecule has 0 saturated carbocycles.